The van der Waals surface area contributed by atoms with Crippen LogP contribution in [0.4, 0.5) is 8.78 Å². The molecule has 1 atom stereocenters. The van der Waals surface area contributed by atoms with Crippen molar-refractivity contribution in [1.82, 2.24) is 10.2 Å². The minimum atomic E-state index is -2.88. The van der Waals surface area contributed by atoms with Crippen molar-refractivity contribution < 1.29 is 37.1 Å². The monoisotopic (exact) mass is 436 g/mol. The number of alkyl halides is 2. The van der Waals surface area contributed by atoms with E-state index >= 15 is 0 Å². The molecule has 1 aliphatic heterocycles. The Balaban J connectivity index is 1.39. The molecule has 1 N–H and O–H groups in total. The normalized spacial score (nSPS) is 15.7. The molecule has 0 bridgehead atoms. The van der Waals surface area contributed by atoms with E-state index in [4.69, 9.17) is 9.15 Å². The second-order valence-corrected chi connectivity index (χ2v) is 6.86. The van der Waals surface area contributed by atoms with E-state index in [-0.39, 0.29) is 24.0 Å². The van der Waals surface area contributed by atoms with Gasteiger partial charge in [0.05, 0.1) is 6.26 Å². The van der Waals surface area contributed by atoms with Crippen LogP contribution >= 0.6 is 0 Å². The lowest BCUT2D eigenvalue weighted by atomic mass is 10.1. The molecule has 1 fully saturated rings. The van der Waals surface area contributed by atoms with Gasteiger partial charge in [0.25, 0.3) is 11.8 Å². The van der Waals surface area contributed by atoms with Gasteiger partial charge in [0.2, 0.25) is 0 Å². The zero-order valence-corrected chi connectivity index (χ0v) is 16.6. The number of rotatable bonds is 9. The van der Waals surface area contributed by atoms with Crippen LogP contribution in [0.3, 0.4) is 0 Å². The maximum Gasteiger partial charge on any atom is 0.387 e. The molecule has 1 aliphatic rings. The molecule has 0 saturated carbocycles. The molecule has 8 nitrogen and oxygen atoms in total. The Morgan fingerprint density at radius 3 is 2.65 bits per heavy atom. The van der Waals surface area contributed by atoms with Gasteiger partial charge in [-0.15, -0.1) is 0 Å². The summed E-state index contributed by atoms with van der Waals surface area (Å²) < 4.78 is 38.7. The number of nitrogens with zero attached hydrogens (tertiary/aromatic N) is 1. The standard InChI is InChI=1S/C21H22F2N2O6/c22-21(23)31-15-7-5-14(6-8-15)9-10-24-18(26)13-30-20(28)16-3-1-11-25(16)19(27)17-4-2-12-29-17/h2,4-8,12,16,21H,1,3,9-11,13H2,(H,24,26)/t16-/m0/s1. The van der Waals surface area contributed by atoms with E-state index in [1.54, 1.807) is 18.2 Å². The number of likely N-dealkylation sites (tertiary alicyclic amines) is 1. The Kier molecular flexibility index (Phi) is 7.58. The number of nitrogens with one attached hydrogen (secondary N) is 1. The number of hydrogen-bond donors (Lipinski definition) is 1. The average Bonchev–Trinajstić information content (AvgIpc) is 3.44. The van der Waals surface area contributed by atoms with Crippen molar-refractivity contribution in [2.45, 2.75) is 31.9 Å². The van der Waals surface area contributed by atoms with E-state index in [2.05, 4.69) is 10.1 Å². The fourth-order valence-corrected chi connectivity index (χ4v) is 3.26. The molecule has 10 heteroatoms. The van der Waals surface area contributed by atoms with Crippen LogP contribution in [0.15, 0.2) is 47.1 Å². The van der Waals surface area contributed by atoms with Crippen LogP contribution in [0.1, 0.15) is 29.0 Å². The van der Waals surface area contributed by atoms with Gasteiger partial charge < -0.3 is 24.1 Å². The molecule has 0 aliphatic carbocycles. The van der Waals surface area contributed by atoms with Crippen molar-refractivity contribution in [1.29, 1.82) is 0 Å². The number of furan rings is 1. The Bertz CT molecular complexity index is 886. The van der Waals surface area contributed by atoms with Crippen LogP contribution in [-0.4, -0.2) is 55.0 Å². The molecule has 1 aromatic heterocycles. The van der Waals surface area contributed by atoms with Gasteiger partial charge in [-0.2, -0.15) is 8.78 Å². The highest BCUT2D eigenvalue weighted by molar-refractivity contribution is 5.95. The number of benzene rings is 1. The predicted octanol–water partition coefficient (Wildman–Crippen LogP) is 2.39. The molecule has 0 spiro atoms. The molecule has 0 unspecified atom stereocenters. The van der Waals surface area contributed by atoms with Crippen molar-refractivity contribution in [3.8, 4) is 5.75 Å². The van der Waals surface area contributed by atoms with Crippen molar-refractivity contribution >= 4 is 17.8 Å². The molecule has 0 radical (unpaired) electrons. The highest BCUT2D eigenvalue weighted by Gasteiger charge is 2.36. The van der Waals surface area contributed by atoms with E-state index in [0.29, 0.717) is 25.8 Å². The summed E-state index contributed by atoms with van der Waals surface area (Å²) in [6.45, 7) is -2.66. The Morgan fingerprint density at radius 2 is 1.97 bits per heavy atom. The molecule has 2 heterocycles. The second kappa shape index (κ2) is 10.6. The summed E-state index contributed by atoms with van der Waals surface area (Å²) >= 11 is 0. The molecule has 31 heavy (non-hydrogen) atoms. The highest BCUT2D eigenvalue weighted by atomic mass is 19.3. The SMILES string of the molecule is O=C(COC(=O)[C@@H]1CCCN1C(=O)c1ccco1)NCCc1ccc(OC(F)F)cc1. The zero-order chi connectivity index (χ0) is 22.2. The van der Waals surface area contributed by atoms with Gasteiger partial charge in [-0.05, 0) is 49.1 Å². The molecular weight excluding hydrogens is 414 g/mol. The summed E-state index contributed by atoms with van der Waals surface area (Å²) in [6, 6.07) is 8.44. The molecule has 166 valence electrons. The second-order valence-electron chi connectivity index (χ2n) is 6.86. The first-order valence-electron chi connectivity index (χ1n) is 9.75. The number of hydrogen-bond acceptors (Lipinski definition) is 6. The van der Waals surface area contributed by atoms with Crippen LogP contribution in [0, 0.1) is 0 Å². The first-order valence-corrected chi connectivity index (χ1v) is 9.75. The third-order valence-electron chi connectivity index (χ3n) is 4.75. The number of carbonyl (C=O) groups excluding carboxylic acids is 3. The van der Waals surface area contributed by atoms with Gasteiger partial charge in [-0.3, -0.25) is 9.59 Å². The predicted molar refractivity (Wildman–Crippen MR) is 104 cm³/mol. The maximum absolute atomic E-state index is 12.4. The maximum atomic E-state index is 12.4. The number of carbonyl (C=O) groups is 3. The fourth-order valence-electron chi connectivity index (χ4n) is 3.26. The van der Waals surface area contributed by atoms with Gasteiger partial charge in [-0.25, -0.2) is 4.79 Å². The van der Waals surface area contributed by atoms with Crippen molar-refractivity contribution in [2.24, 2.45) is 0 Å². The molecule has 1 saturated heterocycles. The number of ether oxygens (including phenoxy) is 2. The fraction of sp³-hybridized carbons (Fsp3) is 0.381. The molecule has 1 aromatic carbocycles. The Morgan fingerprint density at radius 1 is 1.19 bits per heavy atom. The van der Waals surface area contributed by atoms with Crippen LogP contribution < -0.4 is 10.1 Å². The molecular formula is C21H22F2N2O6. The number of halogens is 2. The topological polar surface area (TPSA) is 98.1 Å². The van der Waals surface area contributed by atoms with E-state index in [1.807, 2.05) is 0 Å². The third kappa shape index (κ3) is 6.27. The van der Waals surface area contributed by atoms with E-state index in [0.717, 1.165) is 5.56 Å². The quantitative estimate of drug-likeness (QED) is 0.606. The van der Waals surface area contributed by atoms with Crippen molar-refractivity contribution in [2.75, 3.05) is 19.7 Å². The Labute approximate surface area is 177 Å². The lowest BCUT2D eigenvalue weighted by molar-refractivity contribution is -0.152. The summed E-state index contributed by atoms with van der Waals surface area (Å²) in [5.41, 5.74) is 0.817. The van der Waals surface area contributed by atoms with E-state index in [1.165, 1.54) is 29.4 Å². The van der Waals surface area contributed by atoms with Crippen molar-refractivity contribution in [3.63, 3.8) is 0 Å². The van der Waals surface area contributed by atoms with Crippen LogP contribution in [-0.2, 0) is 20.7 Å². The van der Waals surface area contributed by atoms with Crippen LogP contribution in [0.5, 0.6) is 5.75 Å². The number of esters is 1. The van der Waals surface area contributed by atoms with Crippen LogP contribution in [0.25, 0.3) is 0 Å². The van der Waals surface area contributed by atoms with Gasteiger partial charge in [-0.1, -0.05) is 12.1 Å². The van der Waals surface area contributed by atoms with Gasteiger partial charge >= 0.3 is 12.6 Å². The Hall–Kier alpha value is -3.43. The summed E-state index contributed by atoms with van der Waals surface area (Å²) in [6.07, 6.45) is 2.95. The average molecular weight is 436 g/mol. The first-order chi connectivity index (χ1) is 14.9. The molecule has 3 rings (SSSR count). The van der Waals surface area contributed by atoms with E-state index in [9.17, 15) is 23.2 Å². The first kappa shape index (κ1) is 22.3. The zero-order valence-electron chi connectivity index (χ0n) is 16.6. The number of amides is 2. The highest BCUT2D eigenvalue weighted by Crippen LogP contribution is 2.21. The van der Waals surface area contributed by atoms with Crippen LogP contribution in [0.2, 0.25) is 0 Å². The van der Waals surface area contributed by atoms with Gasteiger partial charge in [0.15, 0.2) is 12.4 Å². The molecule has 2 aromatic rings. The minimum Gasteiger partial charge on any atom is -0.459 e. The largest absolute Gasteiger partial charge is 0.459 e. The summed E-state index contributed by atoms with van der Waals surface area (Å²) in [5, 5.41) is 2.62. The summed E-state index contributed by atoms with van der Waals surface area (Å²) in [5.74, 6) is -1.30. The van der Waals surface area contributed by atoms with Gasteiger partial charge in [0.1, 0.15) is 11.8 Å². The lowest BCUT2D eigenvalue weighted by Crippen LogP contribution is -2.42. The summed E-state index contributed by atoms with van der Waals surface area (Å²) in [4.78, 5) is 38.1. The van der Waals surface area contributed by atoms with E-state index < -0.39 is 31.1 Å². The van der Waals surface area contributed by atoms with Gasteiger partial charge in [0, 0.05) is 13.1 Å². The minimum absolute atomic E-state index is 0.0567. The molecule has 2 amide bonds. The van der Waals surface area contributed by atoms with Crippen molar-refractivity contribution in [3.05, 3.63) is 54.0 Å². The lowest BCUT2D eigenvalue weighted by Gasteiger charge is -2.22. The third-order valence-corrected chi connectivity index (χ3v) is 4.75. The summed E-state index contributed by atoms with van der Waals surface area (Å²) in [7, 11) is 0. The smallest absolute Gasteiger partial charge is 0.387 e.